The van der Waals surface area contributed by atoms with Crippen LogP contribution in [0.1, 0.15) is 18.2 Å². The zero-order valence-corrected chi connectivity index (χ0v) is 11.2. The number of thiazole rings is 1. The summed E-state index contributed by atoms with van der Waals surface area (Å²) in [4.78, 5) is 4.70. The van der Waals surface area contributed by atoms with Gasteiger partial charge in [0.25, 0.3) is 0 Å². The molecular formula is C8H13N3O2S3. The molecule has 16 heavy (non-hydrogen) atoms. The van der Waals surface area contributed by atoms with Crippen LogP contribution in [-0.4, -0.2) is 23.6 Å². The molecule has 8 heteroatoms. The highest BCUT2D eigenvalue weighted by Crippen LogP contribution is 2.09. The second-order valence-corrected chi connectivity index (χ2v) is 6.52. The third-order valence-electron chi connectivity index (χ3n) is 1.99. The van der Waals surface area contributed by atoms with Crippen LogP contribution in [0.2, 0.25) is 0 Å². The van der Waals surface area contributed by atoms with Gasteiger partial charge < -0.3 is 5.73 Å². The Hall–Kier alpha value is -0.570. The first-order valence-electron chi connectivity index (χ1n) is 4.62. The molecule has 0 saturated carbocycles. The number of nitrogens with two attached hydrogens (primary N) is 1. The molecule has 0 saturated heterocycles. The molecule has 0 bridgehead atoms. The maximum absolute atomic E-state index is 11.8. The van der Waals surface area contributed by atoms with Crippen LogP contribution in [0.3, 0.4) is 0 Å². The van der Waals surface area contributed by atoms with Gasteiger partial charge in [0.2, 0.25) is 10.0 Å². The highest BCUT2D eigenvalue weighted by molar-refractivity contribution is 7.93. The lowest BCUT2D eigenvalue weighted by molar-refractivity contribution is 0.574. The van der Waals surface area contributed by atoms with Gasteiger partial charge in [0.15, 0.2) is 0 Å². The van der Waals surface area contributed by atoms with Crippen molar-refractivity contribution in [2.45, 2.75) is 25.1 Å². The fourth-order valence-corrected chi connectivity index (χ4v) is 3.65. The van der Waals surface area contributed by atoms with Crippen molar-refractivity contribution in [3.05, 3.63) is 16.6 Å². The van der Waals surface area contributed by atoms with Crippen LogP contribution in [0.15, 0.2) is 11.7 Å². The van der Waals surface area contributed by atoms with Crippen LogP contribution in [0.4, 0.5) is 0 Å². The fraction of sp³-hybridized carbons (Fsp3) is 0.500. The molecule has 1 heterocycles. The van der Waals surface area contributed by atoms with E-state index < -0.39 is 15.3 Å². The molecule has 0 radical (unpaired) electrons. The van der Waals surface area contributed by atoms with E-state index in [1.54, 1.807) is 18.6 Å². The van der Waals surface area contributed by atoms with E-state index in [1.807, 2.05) is 0 Å². The lowest BCUT2D eigenvalue weighted by Gasteiger charge is -2.14. The predicted octanol–water partition coefficient (Wildman–Crippen LogP) is 0.627. The predicted molar refractivity (Wildman–Crippen MR) is 68.7 cm³/mol. The van der Waals surface area contributed by atoms with Crippen molar-refractivity contribution >= 4 is 38.6 Å². The van der Waals surface area contributed by atoms with Gasteiger partial charge in [-0.25, -0.2) is 13.1 Å². The topological polar surface area (TPSA) is 85.1 Å². The van der Waals surface area contributed by atoms with Gasteiger partial charge in [-0.15, -0.1) is 11.3 Å². The van der Waals surface area contributed by atoms with Crippen LogP contribution in [0.25, 0.3) is 0 Å². The molecule has 1 rings (SSSR count). The Morgan fingerprint density at radius 2 is 2.44 bits per heavy atom. The molecule has 0 aliphatic heterocycles. The fourth-order valence-electron chi connectivity index (χ4n) is 1.18. The standard InChI is InChI=1S/C8H13N3O2S3/c1-2-7(8(9)14)16(12,13)11-4-6-3-10-5-15-6/h3,5,7,11H,2,4H2,1H3,(H2,9,14). The zero-order chi connectivity index (χ0) is 12.2. The van der Waals surface area contributed by atoms with Crippen molar-refractivity contribution < 1.29 is 8.42 Å². The first-order chi connectivity index (χ1) is 7.47. The summed E-state index contributed by atoms with van der Waals surface area (Å²) in [5.41, 5.74) is 7.03. The Morgan fingerprint density at radius 3 is 2.88 bits per heavy atom. The minimum absolute atomic E-state index is 0.000644. The summed E-state index contributed by atoms with van der Waals surface area (Å²) in [6.07, 6.45) is 1.99. The quantitative estimate of drug-likeness (QED) is 0.746. The van der Waals surface area contributed by atoms with Gasteiger partial charge in [0.1, 0.15) is 5.25 Å². The molecule has 1 atom stereocenters. The van der Waals surface area contributed by atoms with Crippen LogP contribution in [-0.2, 0) is 16.6 Å². The normalized spacial score (nSPS) is 13.6. The summed E-state index contributed by atoms with van der Waals surface area (Å²) in [6.45, 7) is 1.96. The largest absolute Gasteiger partial charge is 0.392 e. The van der Waals surface area contributed by atoms with E-state index in [0.29, 0.717) is 6.42 Å². The number of aromatic nitrogens is 1. The minimum Gasteiger partial charge on any atom is -0.392 e. The minimum atomic E-state index is -3.49. The number of thiocarbonyl (C=S) groups is 1. The van der Waals surface area contributed by atoms with Gasteiger partial charge in [-0.3, -0.25) is 4.98 Å². The Kier molecular flexibility index (Phi) is 4.78. The van der Waals surface area contributed by atoms with Crippen molar-refractivity contribution in [1.29, 1.82) is 0 Å². The number of hydrogen-bond acceptors (Lipinski definition) is 5. The molecule has 1 aromatic rings. The monoisotopic (exact) mass is 279 g/mol. The first kappa shape index (κ1) is 13.5. The van der Waals surface area contributed by atoms with Crippen molar-refractivity contribution in [3.8, 4) is 0 Å². The summed E-state index contributed by atoms with van der Waals surface area (Å²) < 4.78 is 26.1. The summed E-state index contributed by atoms with van der Waals surface area (Å²) in [5, 5.41) is -0.810. The van der Waals surface area contributed by atoms with E-state index >= 15 is 0 Å². The first-order valence-corrected chi connectivity index (χ1v) is 7.46. The second kappa shape index (κ2) is 5.67. The molecule has 90 valence electrons. The third-order valence-corrected chi connectivity index (χ3v) is 5.09. The van der Waals surface area contributed by atoms with Gasteiger partial charge in [0, 0.05) is 17.6 Å². The lowest BCUT2D eigenvalue weighted by Crippen LogP contribution is -2.41. The molecule has 0 amide bonds. The zero-order valence-electron chi connectivity index (χ0n) is 8.71. The summed E-state index contributed by atoms with van der Waals surface area (Å²) in [6, 6.07) is 0. The number of hydrogen-bond donors (Lipinski definition) is 2. The summed E-state index contributed by atoms with van der Waals surface area (Å²) in [5.74, 6) is 0. The van der Waals surface area contributed by atoms with Gasteiger partial charge in [0.05, 0.1) is 10.5 Å². The lowest BCUT2D eigenvalue weighted by atomic mass is 10.3. The molecular weight excluding hydrogens is 266 g/mol. The molecule has 3 N–H and O–H groups in total. The molecule has 1 aromatic heterocycles. The van der Waals surface area contributed by atoms with Crippen molar-refractivity contribution in [2.75, 3.05) is 0 Å². The molecule has 0 aliphatic rings. The van der Waals surface area contributed by atoms with E-state index in [-0.39, 0.29) is 11.5 Å². The van der Waals surface area contributed by atoms with Gasteiger partial charge in [-0.1, -0.05) is 19.1 Å². The second-order valence-electron chi connectivity index (χ2n) is 3.13. The van der Waals surface area contributed by atoms with Crippen molar-refractivity contribution in [2.24, 2.45) is 5.73 Å². The van der Waals surface area contributed by atoms with Crippen molar-refractivity contribution in [1.82, 2.24) is 9.71 Å². The highest BCUT2D eigenvalue weighted by atomic mass is 32.2. The summed E-state index contributed by atoms with van der Waals surface area (Å²) >= 11 is 6.12. The SMILES string of the molecule is CCC(C(N)=S)S(=O)(=O)NCc1cncs1. The molecule has 0 fully saturated rings. The molecule has 0 spiro atoms. The number of sulfonamides is 1. The average molecular weight is 279 g/mol. The average Bonchev–Trinajstić information content (AvgIpc) is 2.67. The van der Waals surface area contributed by atoms with Gasteiger partial charge >= 0.3 is 0 Å². The van der Waals surface area contributed by atoms with E-state index in [4.69, 9.17) is 18.0 Å². The van der Waals surface area contributed by atoms with Crippen LogP contribution in [0, 0.1) is 0 Å². The maximum Gasteiger partial charge on any atom is 0.221 e. The molecule has 5 nitrogen and oxygen atoms in total. The molecule has 0 aromatic carbocycles. The Bertz CT molecular complexity index is 441. The summed E-state index contributed by atoms with van der Waals surface area (Å²) in [7, 11) is -3.49. The van der Waals surface area contributed by atoms with E-state index in [2.05, 4.69) is 9.71 Å². The number of nitrogens with zero attached hydrogens (tertiary/aromatic N) is 1. The van der Waals surface area contributed by atoms with Gasteiger partial charge in [-0.2, -0.15) is 0 Å². The van der Waals surface area contributed by atoms with E-state index in [1.165, 1.54) is 11.3 Å². The Balaban J connectivity index is 2.67. The van der Waals surface area contributed by atoms with Crippen LogP contribution >= 0.6 is 23.6 Å². The van der Waals surface area contributed by atoms with Gasteiger partial charge in [-0.05, 0) is 6.42 Å². The number of rotatable bonds is 6. The van der Waals surface area contributed by atoms with Crippen LogP contribution in [0.5, 0.6) is 0 Å². The number of nitrogens with one attached hydrogen (secondary N) is 1. The van der Waals surface area contributed by atoms with E-state index in [0.717, 1.165) is 4.88 Å². The maximum atomic E-state index is 11.8. The highest BCUT2D eigenvalue weighted by Gasteiger charge is 2.25. The third kappa shape index (κ3) is 3.48. The molecule has 0 aliphatic carbocycles. The van der Waals surface area contributed by atoms with E-state index in [9.17, 15) is 8.42 Å². The molecule has 1 unspecified atom stereocenters. The smallest absolute Gasteiger partial charge is 0.221 e. The Morgan fingerprint density at radius 1 is 1.75 bits per heavy atom. The Labute approximate surface area is 104 Å². The van der Waals surface area contributed by atoms with Crippen molar-refractivity contribution in [3.63, 3.8) is 0 Å². The van der Waals surface area contributed by atoms with Crippen LogP contribution < -0.4 is 10.5 Å².